The molecule has 0 amide bonds. The summed E-state index contributed by atoms with van der Waals surface area (Å²) in [5.74, 6) is 0.110. The van der Waals surface area contributed by atoms with E-state index in [4.69, 9.17) is 0 Å². The minimum atomic E-state index is 0.101. The molecule has 10 rings (SSSR count). The summed E-state index contributed by atoms with van der Waals surface area (Å²) in [5, 5.41) is 0. The third-order valence-corrected chi connectivity index (χ3v) is 10.8. The summed E-state index contributed by atoms with van der Waals surface area (Å²) in [6.07, 6.45) is 0. The standard InChI is InChI=1S/C49H34BN/c1-5-15-34(16-6-1)38-23-13-24-41(31-38)51-46-26-14-25-42-48(37-21-11-4-12-22-37)43-32-39(35-17-7-2-8-18-35)27-29-44(43)50(49(42)46)45-30-28-40(33-47(45)51)36-19-9-3-10-20-36/h1-33,48H. The van der Waals surface area contributed by atoms with Crippen molar-refractivity contribution < 1.29 is 0 Å². The molecule has 0 radical (unpaired) electrons. The highest BCUT2D eigenvalue weighted by Gasteiger charge is 2.43. The first-order valence-electron chi connectivity index (χ1n) is 17.8. The van der Waals surface area contributed by atoms with Crippen molar-refractivity contribution in [2.24, 2.45) is 0 Å². The average molecular weight is 648 g/mol. The van der Waals surface area contributed by atoms with Crippen LogP contribution in [0.2, 0.25) is 0 Å². The van der Waals surface area contributed by atoms with E-state index in [1.54, 1.807) is 0 Å². The molecular formula is C49H34BN. The van der Waals surface area contributed by atoms with Crippen LogP contribution in [0.25, 0.3) is 33.4 Å². The van der Waals surface area contributed by atoms with Crippen LogP contribution in [-0.2, 0) is 0 Å². The van der Waals surface area contributed by atoms with Gasteiger partial charge in [-0.15, -0.1) is 0 Å². The molecule has 1 unspecified atom stereocenters. The maximum Gasteiger partial charge on any atom is 0.247 e. The van der Waals surface area contributed by atoms with Crippen molar-refractivity contribution in [2.45, 2.75) is 5.92 Å². The zero-order valence-corrected chi connectivity index (χ0v) is 28.2. The molecule has 0 saturated heterocycles. The number of rotatable bonds is 5. The Labute approximate surface area is 300 Å². The molecule has 0 spiro atoms. The SMILES string of the molecule is c1ccc(-c2cccc(N3c4cc(-c5ccccc5)ccc4B4c5ccc(-c6ccccc6)cc5C(c5ccccc5)c5cccc3c54)c2)cc1. The second-order valence-electron chi connectivity index (χ2n) is 13.7. The van der Waals surface area contributed by atoms with E-state index in [2.05, 4.69) is 205 Å². The fourth-order valence-electron chi connectivity index (χ4n) is 8.53. The van der Waals surface area contributed by atoms with Crippen LogP contribution < -0.4 is 21.3 Å². The van der Waals surface area contributed by atoms with Gasteiger partial charge in [0, 0.05) is 23.0 Å². The molecular weight excluding hydrogens is 613 g/mol. The van der Waals surface area contributed by atoms with Gasteiger partial charge in [0.1, 0.15) is 0 Å². The Morgan fingerprint density at radius 1 is 0.353 bits per heavy atom. The molecule has 1 atom stereocenters. The highest BCUT2D eigenvalue weighted by atomic mass is 15.2. The van der Waals surface area contributed by atoms with E-state index in [-0.39, 0.29) is 12.6 Å². The van der Waals surface area contributed by atoms with Crippen LogP contribution in [-0.4, -0.2) is 6.71 Å². The minimum Gasteiger partial charge on any atom is -0.311 e. The molecule has 51 heavy (non-hydrogen) atoms. The predicted octanol–water partition coefficient (Wildman–Crippen LogP) is 10.5. The van der Waals surface area contributed by atoms with Gasteiger partial charge in [-0.3, -0.25) is 0 Å². The van der Waals surface area contributed by atoms with Gasteiger partial charge >= 0.3 is 0 Å². The number of benzene rings is 8. The molecule has 0 aliphatic carbocycles. The van der Waals surface area contributed by atoms with E-state index in [1.165, 1.54) is 77.8 Å². The summed E-state index contributed by atoms with van der Waals surface area (Å²) < 4.78 is 0. The summed E-state index contributed by atoms with van der Waals surface area (Å²) in [7, 11) is 0. The molecule has 2 heterocycles. The van der Waals surface area contributed by atoms with Gasteiger partial charge in [-0.05, 0) is 85.3 Å². The Balaban J connectivity index is 1.25. The van der Waals surface area contributed by atoms with Gasteiger partial charge in [0.05, 0.1) is 0 Å². The maximum atomic E-state index is 2.52. The van der Waals surface area contributed by atoms with Crippen LogP contribution in [0.1, 0.15) is 22.6 Å². The number of nitrogens with zero attached hydrogens (tertiary/aromatic N) is 1. The lowest BCUT2D eigenvalue weighted by atomic mass is 9.31. The smallest absolute Gasteiger partial charge is 0.247 e. The first-order chi connectivity index (χ1) is 25.3. The van der Waals surface area contributed by atoms with Gasteiger partial charge in [-0.1, -0.05) is 181 Å². The molecule has 0 fully saturated rings. The predicted molar refractivity (Wildman–Crippen MR) is 216 cm³/mol. The molecule has 238 valence electrons. The van der Waals surface area contributed by atoms with Gasteiger partial charge in [0.15, 0.2) is 0 Å². The first-order valence-corrected chi connectivity index (χ1v) is 17.8. The van der Waals surface area contributed by atoms with E-state index < -0.39 is 0 Å². The summed E-state index contributed by atoms with van der Waals surface area (Å²) in [5.41, 5.74) is 19.2. The lowest BCUT2D eigenvalue weighted by Crippen LogP contribution is -2.62. The van der Waals surface area contributed by atoms with Crippen LogP contribution in [0, 0.1) is 0 Å². The molecule has 2 heteroatoms. The highest BCUT2D eigenvalue weighted by molar-refractivity contribution is 6.99. The third kappa shape index (κ3) is 4.95. The summed E-state index contributed by atoms with van der Waals surface area (Å²) in [6.45, 7) is 0.101. The number of hydrogen-bond acceptors (Lipinski definition) is 1. The van der Waals surface area contributed by atoms with E-state index in [9.17, 15) is 0 Å². The van der Waals surface area contributed by atoms with Crippen molar-refractivity contribution in [3.05, 3.63) is 217 Å². The second-order valence-corrected chi connectivity index (χ2v) is 13.7. The summed E-state index contributed by atoms with van der Waals surface area (Å²) in [6, 6.07) is 73.7. The minimum absolute atomic E-state index is 0.101. The van der Waals surface area contributed by atoms with Gasteiger partial charge in [0.25, 0.3) is 0 Å². The molecule has 2 aliphatic heterocycles. The zero-order valence-electron chi connectivity index (χ0n) is 28.2. The van der Waals surface area contributed by atoms with Gasteiger partial charge in [0.2, 0.25) is 6.71 Å². The first kappa shape index (κ1) is 29.5. The maximum absolute atomic E-state index is 2.52. The fourth-order valence-corrected chi connectivity index (χ4v) is 8.53. The van der Waals surface area contributed by atoms with Crippen LogP contribution >= 0.6 is 0 Å². The van der Waals surface area contributed by atoms with Crippen LogP contribution in [0.5, 0.6) is 0 Å². The molecule has 8 aromatic rings. The van der Waals surface area contributed by atoms with Gasteiger partial charge in [-0.25, -0.2) is 0 Å². The highest BCUT2D eigenvalue weighted by Crippen LogP contribution is 2.44. The fraction of sp³-hybridized carbons (Fsp3) is 0.0204. The van der Waals surface area contributed by atoms with E-state index in [0.717, 1.165) is 5.69 Å². The lowest BCUT2D eigenvalue weighted by molar-refractivity contribution is 0.985. The van der Waals surface area contributed by atoms with Crippen molar-refractivity contribution in [1.82, 2.24) is 0 Å². The summed E-state index contributed by atoms with van der Waals surface area (Å²) >= 11 is 0. The number of fused-ring (bicyclic) bond motifs is 4. The van der Waals surface area contributed by atoms with Crippen molar-refractivity contribution in [3.8, 4) is 33.4 Å². The number of anilines is 3. The Hall–Kier alpha value is -6.38. The molecule has 0 bridgehead atoms. The third-order valence-electron chi connectivity index (χ3n) is 10.8. The van der Waals surface area contributed by atoms with Gasteiger partial charge < -0.3 is 4.90 Å². The van der Waals surface area contributed by atoms with Gasteiger partial charge in [-0.2, -0.15) is 0 Å². The largest absolute Gasteiger partial charge is 0.311 e. The van der Waals surface area contributed by atoms with E-state index in [0.29, 0.717) is 0 Å². The lowest BCUT2D eigenvalue weighted by Gasteiger charge is -2.43. The quantitative estimate of drug-likeness (QED) is 0.168. The van der Waals surface area contributed by atoms with Crippen molar-refractivity contribution in [1.29, 1.82) is 0 Å². The molecule has 8 aromatic carbocycles. The summed E-state index contributed by atoms with van der Waals surface area (Å²) in [4.78, 5) is 2.52. The van der Waals surface area contributed by atoms with Crippen molar-refractivity contribution >= 4 is 40.2 Å². The van der Waals surface area contributed by atoms with Crippen LogP contribution in [0.3, 0.4) is 0 Å². The second kappa shape index (κ2) is 12.2. The normalized spacial score (nSPS) is 14.0. The molecule has 1 nitrogen and oxygen atoms in total. The van der Waals surface area contributed by atoms with Crippen molar-refractivity contribution in [3.63, 3.8) is 0 Å². The Bertz CT molecular complexity index is 2530. The Morgan fingerprint density at radius 2 is 0.882 bits per heavy atom. The Morgan fingerprint density at radius 3 is 1.53 bits per heavy atom. The van der Waals surface area contributed by atoms with Crippen LogP contribution in [0.4, 0.5) is 17.1 Å². The monoisotopic (exact) mass is 647 g/mol. The van der Waals surface area contributed by atoms with Crippen LogP contribution in [0.15, 0.2) is 200 Å². The molecule has 2 aliphatic rings. The topological polar surface area (TPSA) is 3.24 Å². The Kier molecular flexibility index (Phi) is 7.06. The number of hydrogen-bond donors (Lipinski definition) is 0. The molecule has 0 aromatic heterocycles. The van der Waals surface area contributed by atoms with E-state index >= 15 is 0 Å². The molecule has 0 saturated carbocycles. The average Bonchev–Trinajstić information content (AvgIpc) is 3.21. The van der Waals surface area contributed by atoms with Crippen molar-refractivity contribution in [2.75, 3.05) is 4.90 Å². The molecule has 0 N–H and O–H groups in total. The van der Waals surface area contributed by atoms with E-state index in [1.807, 2.05) is 0 Å². The zero-order chi connectivity index (χ0) is 33.7.